The van der Waals surface area contributed by atoms with Crippen molar-refractivity contribution in [2.24, 2.45) is 0 Å². The van der Waals surface area contributed by atoms with Crippen molar-refractivity contribution in [3.8, 4) is 11.5 Å². The zero-order valence-corrected chi connectivity index (χ0v) is 14.3. The molecule has 3 heterocycles. The van der Waals surface area contributed by atoms with Crippen molar-refractivity contribution < 1.29 is 4.42 Å². The first-order valence-corrected chi connectivity index (χ1v) is 8.07. The fourth-order valence-electron chi connectivity index (χ4n) is 2.44. The summed E-state index contributed by atoms with van der Waals surface area (Å²) < 4.78 is 5.33. The van der Waals surface area contributed by atoms with Crippen LogP contribution in [0.15, 0.2) is 53.4 Å². The Balaban J connectivity index is 1.54. The normalized spacial score (nSPS) is 10.7. The zero-order chi connectivity index (χ0) is 17.9. The van der Waals surface area contributed by atoms with Gasteiger partial charge in [-0.1, -0.05) is 6.07 Å². The molecule has 0 fully saturated rings. The van der Waals surface area contributed by atoms with Gasteiger partial charge in [-0.3, -0.25) is 5.10 Å². The summed E-state index contributed by atoms with van der Waals surface area (Å²) in [6.45, 7) is 3.97. The van der Waals surface area contributed by atoms with Crippen LogP contribution in [0.4, 0.5) is 23.3 Å². The van der Waals surface area contributed by atoms with Gasteiger partial charge in [-0.05, 0) is 38.1 Å². The summed E-state index contributed by atoms with van der Waals surface area (Å²) in [5.74, 6) is 2.44. The first kappa shape index (κ1) is 15.8. The third-order valence-corrected chi connectivity index (χ3v) is 3.95. The van der Waals surface area contributed by atoms with Gasteiger partial charge in [0, 0.05) is 28.7 Å². The fourth-order valence-corrected chi connectivity index (χ4v) is 2.44. The molecule has 0 aliphatic heterocycles. The molecule has 3 N–H and O–H groups in total. The Morgan fingerprint density at radius 3 is 2.73 bits per heavy atom. The molecule has 0 aliphatic carbocycles. The summed E-state index contributed by atoms with van der Waals surface area (Å²) in [6, 6.07) is 9.49. The highest BCUT2D eigenvalue weighted by Crippen LogP contribution is 2.23. The van der Waals surface area contributed by atoms with Gasteiger partial charge < -0.3 is 15.1 Å². The number of oxazole rings is 1. The topological polar surface area (TPSA) is 105 Å². The van der Waals surface area contributed by atoms with Crippen molar-refractivity contribution in [3.05, 3.63) is 60.2 Å². The molecule has 0 atom stereocenters. The number of aryl methyl sites for hydroxylation is 1. The number of rotatable bonds is 5. The number of hydrogen-bond donors (Lipinski definition) is 3. The average Bonchev–Trinajstić information content (AvgIpc) is 3.29. The van der Waals surface area contributed by atoms with Gasteiger partial charge in [0.1, 0.15) is 12.1 Å². The predicted molar refractivity (Wildman–Crippen MR) is 98.6 cm³/mol. The molecule has 130 valence electrons. The lowest BCUT2D eigenvalue weighted by Crippen LogP contribution is -2.01. The molecule has 0 aliphatic rings. The quantitative estimate of drug-likeness (QED) is 0.502. The maximum atomic E-state index is 5.33. The molecular formula is C18H17N7O. The third kappa shape index (κ3) is 3.25. The largest absolute Gasteiger partial charge is 0.445 e. The van der Waals surface area contributed by atoms with Crippen LogP contribution in [0.5, 0.6) is 0 Å². The first-order valence-electron chi connectivity index (χ1n) is 8.07. The van der Waals surface area contributed by atoms with E-state index < -0.39 is 0 Å². The SMILES string of the molecule is Cc1[nH]nc(Nc2ccnc(Nc3cccc(-c4ncco4)c3)n2)c1C. The van der Waals surface area contributed by atoms with E-state index in [1.807, 2.05) is 38.1 Å². The van der Waals surface area contributed by atoms with Crippen LogP contribution in [0, 0.1) is 13.8 Å². The lowest BCUT2D eigenvalue weighted by atomic mass is 10.2. The van der Waals surface area contributed by atoms with Crippen LogP contribution < -0.4 is 10.6 Å². The van der Waals surface area contributed by atoms with Crippen LogP contribution in [-0.4, -0.2) is 25.1 Å². The minimum atomic E-state index is 0.476. The van der Waals surface area contributed by atoms with Crippen molar-refractivity contribution in [3.63, 3.8) is 0 Å². The second kappa shape index (κ2) is 6.67. The molecule has 26 heavy (non-hydrogen) atoms. The highest BCUT2D eigenvalue weighted by Gasteiger charge is 2.08. The van der Waals surface area contributed by atoms with Crippen molar-refractivity contribution in [1.29, 1.82) is 0 Å². The number of aromatic nitrogens is 5. The highest BCUT2D eigenvalue weighted by atomic mass is 16.3. The molecule has 0 bridgehead atoms. The predicted octanol–water partition coefficient (Wildman–Crippen LogP) is 3.96. The molecule has 0 spiro atoms. The Hall–Kier alpha value is -3.68. The summed E-state index contributed by atoms with van der Waals surface area (Å²) in [5, 5.41) is 13.6. The average molecular weight is 347 g/mol. The minimum Gasteiger partial charge on any atom is -0.445 e. The lowest BCUT2D eigenvalue weighted by Gasteiger charge is -2.08. The van der Waals surface area contributed by atoms with Crippen LogP contribution >= 0.6 is 0 Å². The standard InChI is InChI=1S/C18H17N7O/c1-11-12(2)24-25-16(11)22-15-6-7-20-18(23-15)21-14-5-3-4-13(10-14)17-19-8-9-26-17/h3-10H,1-2H3,(H3,20,21,22,23,24,25). The second-order valence-electron chi connectivity index (χ2n) is 5.76. The number of H-pyrrole nitrogens is 1. The van der Waals surface area contributed by atoms with Gasteiger partial charge in [0.05, 0.1) is 6.20 Å². The molecule has 1 aromatic carbocycles. The molecule has 0 saturated heterocycles. The summed E-state index contributed by atoms with van der Waals surface area (Å²) >= 11 is 0. The number of nitrogens with one attached hydrogen (secondary N) is 3. The second-order valence-corrected chi connectivity index (χ2v) is 5.76. The zero-order valence-electron chi connectivity index (χ0n) is 14.3. The Kier molecular flexibility index (Phi) is 4.06. The van der Waals surface area contributed by atoms with Gasteiger partial charge in [-0.25, -0.2) is 9.97 Å². The smallest absolute Gasteiger partial charge is 0.229 e. The monoisotopic (exact) mass is 347 g/mol. The van der Waals surface area contributed by atoms with Crippen LogP contribution in [0.3, 0.4) is 0 Å². The van der Waals surface area contributed by atoms with E-state index in [0.717, 1.165) is 28.3 Å². The van der Waals surface area contributed by atoms with E-state index in [1.54, 1.807) is 24.7 Å². The first-order chi connectivity index (χ1) is 12.7. The molecule has 3 aromatic heterocycles. The number of aromatic amines is 1. The maximum absolute atomic E-state index is 5.33. The summed E-state index contributed by atoms with van der Waals surface area (Å²) in [7, 11) is 0. The van der Waals surface area contributed by atoms with E-state index in [-0.39, 0.29) is 0 Å². The molecule has 0 radical (unpaired) electrons. The van der Waals surface area contributed by atoms with E-state index in [4.69, 9.17) is 4.42 Å². The Morgan fingerprint density at radius 1 is 1.04 bits per heavy atom. The van der Waals surface area contributed by atoms with E-state index >= 15 is 0 Å². The summed E-state index contributed by atoms with van der Waals surface area (Å²) in [6.07, 6.45) is 4.85. The van der Waals surface area contributed by atoms with Crippen LogP contribution in [-0.2, 0) is 0 Å². The molecule has 0 saturated carbocycles. The molecule has 8 nitrogen and oxygen atoms in total. The number of benzene rings is 1. The third-order valence-electron chi connectivity index (χ3n) is 3.95. The molecular weight excluding hydrogens is 330 g/mol. The van der Waals surface area contributed by atoms with Gasteiger partial charge in [-0.2, -0.15) is 10.1 Å². The molecule has 0 unspecified atom stereocenters. The van der Waals surface area contributed by atoms with E-state index in [0.29, 0.717) is 17.7 Å². The minimum absolute atomic E-state index is 0.476. The summed E-state index contributed by atoms with van der Waals surface area (Å²) in [5.41, 5.74) is 3.78. The lowest BCUT2D eigenvalue weighted by molar-refractivity contribution is 0.574. The van der Waals surface area contributed by atoms with Gasteiger partial charge in [-0.15, -0.1) is 0 Å². The van der Waals surface area contributed by atoms with Crippen LogP contribution in [0.2, 0.25) is 0 Å². The Labute approximate surface area is 149 Å². The van der Waals surface area contributed by atoms with E-state index in [2.05, 4.69) is 35.8 Å². The van der Waals surface area contributed by atoms with Crippen LogP contribution in [0.25, 0.3) is 11.5 Å². The van der Waals surface area contributed by atoms with Gasteiger partial charge >= 0.3 is 0 Å². The van der Waals surface area contributed by atoms with Crippen LogP contribution in [0.1, 0.15) is 11.3 Å². The summed E-state index contributed by atoms with van der Waals surface area (Å²) in [4.78, 5) is 12.9. The van der Waals surface area contributed by atoms with Crippen molar-refractivity contribution in [2.75, 3.05) is 10.6 Å². The number of anilines is 4. The van der Waals surface area contributed by atoms with E-state index in [1.165, 1.54) is 0 Å². The Bertz CT molecular complexity index is 1020. The molecule has 0 amide bonds. The van der Waals surface area contributed by atoms with Gasteiger partial charge in [0.15, 0.2) is 5.82 Å². The Morgan fingerprint density at radius 2 is 1.96 bits per heavy atom. The van der Waals surface area contributed by atoms with Crippen molar-refractivity contribution in [2.45, 2.75) is 13.8 Å². The van der Waals surface area contributed by atoms with E-state index in [9.17, 15) is 0 Å². The fraction of sp³-hybridized carbons (Fsp3) is 0.111. The number of hydrogen-bond acceptors (Lipinski definition) is 7. The molecule has 8 heteroatoms. The van der Waals surface area contributed by atoms with Crippen molar-refractivity contribution in [1.82, 2.24) is 25.1 Å². The number of nitrogens with zero attached hydrogens (tertiary/aromatic N) is 4. The highest BCUT2D eigenvalue weighted by molar-refractivity contribution is 5.65. The molecule has 4 rings (SSSR count). The maximum Gasteiger partial charge on any atom is 0.229 e. The van der Waals surface area contributed by atoms with Gasteiger partial charge in [0.2, 0.25) is 11.8 Å². The van der Waals surface area contributed by atoms with Gasteiger partial charge in [0.25, 0.3) is 0 Å². The van der Waals surface area contributed by atoms with Crippen molar-refractivity contribution >= 4 is 23.3 Å². The molecule has 4 aromatic rings.